The average Bonchev–Trinajstić information content (AvgIpc) is 2.41. The van der Waals surface area contributed by atoms with Crippen LogP contribution in [0.25, 0.3) is 0 Å². The molecule has 2 rings (SSSR count). The first-order valence-corrected chi connectivity index (χ1v) is 6.05. The van der Waals surface area contributed by atoms with Crippen molar-refractivity contribution in [1.29, 1.82) is 0 Å². The second-order valence-electron chi connectivity index (χ2n) is 4.24. The van der Waals surface area contributed by atoms with Gasteiger partial charge >= 0.3 is 0 Å². The van der Waals surface area contributed by atoms with Crippen LogP contribution in [0.2, 0.25) is 0 Å². The molecule has 1 heterocycles. The normalized spacial score (nSPS) is 19.9. The molecule has 92 valence electrons. The maximum atomic E-state index is 11.7. The van der Waals surface area contributed by atoms with Crippen molar-refractivity contribution in [2.24, 2.45) is 0 Å². The first-order valence-electron chi connectivity index (χ1n) is 6.05. The van der Waals surface area contributed by atoms with E-state index in [1.54, 1.807) is 0 Å². The Morgan fingerprint density at radius 3 is 2.88 bits per heavy atom. The predicted octanol–water partition coefficient (Wildman–Crippen LogP) is 1.38. The quantitative estimate of drug-likeness (QED) is 0.774. The van der Waals surface area contributed by atoms with E-state index in [0.717, 1.165) is 31.4 Å². The smallest absolute Gasteiger partial charge is 0.260 e. The van der Waals surface area contributed by atoms with Gasteiger partial charge in [-0.15, -0.1) is 0 Å². The highest BCUT2D eigenvalue weighted by molar-refractivity contribution is 5.80. The Hall–Kier alpha value is -1.39. The minimum atomic E-state index is -0.0977. The molecule has 1 aliphatic rings. The van der Waals surface area contributed by atoms with Gasteiger partial charge in [-0.1, -0.05) is 36.8 Å². The van der Waals surface area contributed by atoms with Gasteiger partial charge < -0.3 is 5.32 Å². The Balaban J connectivity index is 1.69. The second-order valence-corrected chi connectivity index (χ2v) is 4.24. The second kappa shape index (κ2) is 6.37. The molecule has 0 aliphatic carbocycles. The predicted molar refractivity (Wildman–Crippen MR) is 65.0 cm³/mol. The molecule has 1 aliphatic heterocycles. The van der Waals surface area contributed by atoms with E-state index in [2.05, 4.69) is 10.8 Å². The number of hydrogen-bond acceptors (Lipinski definition) is 3. The van der Waals surface area contributed by atoms with Crippen LogP contribution in [0, 0.1) is 0 Å². The number of carbonyl (C=O) groups excluding carboxylic acids is 1. The SMILES string of the molecule is O=C(NOCc1ccccc1)C1CCCCN1. The summed E-state index contributed by atoms with van der Waals surface area (Å²) in [5.74, 6) is -0.0689. The molecule has 0 saturated carbocycles. The monoisotopic (exact) mass is 234 g/mol. The molecular formula is C13H18N2O2. The van der Waals surface area contributed by atoms with E-state index in [-0.39, 0.29) is 11.9 Å². The van der Waals surface area contributed by atoms with E-state index >= 15 is 0 Å². The van der Waals surface area contributed by atoms with E-state index in [0.29, 0.717) is 6.61 Å². The maximum Gasteiger partial charge on any atom is 0.260 e. The molecule has 1 aromatic carbocycles. The number of hydrogen-bond donors (Lipinski definition) is 2. The van der Waals surface area contributed by atoms with Crippen LogP contribution in [0.3, 0.4) is 0 Å². The molecule has 4 heteroatoms. The van der Waals surface area contributed by atoms with Crippen molar-refractivity contribution in [3.05, 3.63) is 35.9 Å². The molecule has 1 aromatic rings. The van der Waals surface area contributed by atoms with Gasteiger partial charge in [0, 0.05) is 0 Å². The Morgan fingerprint density at radius 1 is 1.35 bits per heavy atom. The minimum absolute atomic E-state index is 0.0689. The Kier molecular flexibility index (Phi) is 4.53. The zero-order chi connectivity index (χ0) is 11.9. The summed E-state index contributed by atoms with van der Waals surface area (Å²) in [4.78, 5) is 16.9. The first-order chi connectivity index (χ1) is 8.36. The summed E-state index contributed by atoms with van der Waals surface area (Å²) in [6.45, 7) is 1.32. The molecule has 17 heavy (non-hydrogen) atoms. The summed E-state index contributed by atoms with van der Waals surface area (Å²) in [6.07, 6.45) is 3.14. The van der Waals surface area contributed by atoms with Crippen LogP contribution in [-0.2, 0) is 16.2 Å². The molecule has 1 atom stereocenters. The van der Waals surface area contributed by atoms with Gasteiger partial charge in [-0.05, 0) is 24.9 Å². The molecule has 1 unspecified atom stereocenters. The zero-order valence-electron chi connectivity index (χ0n) is 9.82. The highest BCUT2D eigenvalue weighted by Gasteiger charge is 2.20. The van der Waals surface area contributed by atoms with Crippen LogP contribution >= 0.6 is 0 Å². The lowest BCUT2D eigenvalue weighted by atomic mass is 10.1. The lowest BCUT2D eigenvalue weighted by Gasteiger charge is -2.22. The molecule has 0 radical (unpaired) electrons. The minimum Gasteiger partial charge on any atom is -0.306 e. The lowest BCUT2D eigenvalue weighted by Crippen LogP contribution is -2.46. The van der Waals surface area contributed by atoms with E-state index < -0.39 is 0 Å². The van der Waals surface area contributed by atoms with Gasteiger partial charge in [0.15, 0.2) is 0 Å². The van der Waals surface area contributed by atoms with Gasteiger partial charge in [0.05, 0.1) is 12.6 Å². The van der Waals surface area contributed by atoms with E-state index in [1.807, 2.05) is 30.3 Å². The fourth-order valence-electron chi connectivity index (χ4n) is 1.91. The van der Waals surface area contributed by atoms with Crippen molar-refractivity contribution in [2.45, 2.75) is 31.9 Å². The van der Waals surface area contributed by atoms with Crippen LogP contribution in [0.1, 0.15) is 24.8 Å². The zero-order valence-corrected chi connectivity index (χ0v) is 9.82. The fraction of sp³-hybridized carbons (Fsp3) is 0.462. The summed E-state index contributed by atoms with van der Waals surface area (Å²) >= 11 is 0. The van der Waals surface area contributed by atoms with Crippen molar-refractivity contribution in [2.75, 3.05) is 6.54 Å². The lowest BCUT2D eigenvalue weighted by molar-refractivity contribution is -0.137. The summed E-state index contributed by atoms with van der Waals surface area (Å²) in [7, 11) is 0. The molecular weight excluding hydrogens is 216 g/mol. The van der Waals surface area contributed by atoms with Crippen molar-refractivity contribution in [1.82, 2.24) is 10.8 Å². The van der Waals surface area contributed by atoms with E-state index in [9.17, 15) is 4.79 Å². The molecule has 1 amide bonds. The van der Waals surface area contributed by atoms with Crippen molar-refractivity contribution in [3.63, 3.8) is 0 Å². The van der Waals surface area contributed by atoms with Crippen molar-refractivity contribution >= 4 is 5.91 Å². The van der Waals surface area contributed by atoms with Crippen molar-refractivity contribution in [3.8, 4) is 0 Å². The van der Waals surface area contributed by atoms with Gasteiger partial charge in [0.2, 0.25) is 0 Å². The number of benzene rings is 1. The standard InChI is InChI=1S/C13H18N2O2/c16-13(12-8-4-5-9-14-12)15-17-10-11-6-2-1-3-7-11/h1-3,6-7,12,14H,4-5,8-10H2,(H,15,16). The molecule has 1 saturated heterocycles. The number of piperidine rings is 1. The maximum absolute atomic E-state index is 11.7. The van der Waals surface area contributed by atoms with E-state index in [4.69, 9.17) is 4.84 Å². The topological polar surface area (TPSA) is 50.4 Å². The van der Waals surface area contributed by atoms with Gasteiger partial charge in [-0.2, -0.15) is 0 Å². The van der Waals surface area contributed by atoms with Crippen LogP contribution in [-0.4, -0.2) is 18.5 Å². The van der Waals surface area contributed by atoms with Gasteiger partial charge in [-0.3, -0.25) is 9.63 Å². The number of hydroxylamine groups is 1. The molecule has 0 aromatic heterocycles. The van der Waals surface area contributed by atoms with Gasteiger partial charge in [0.1, 0.15) is 0 Å². The number of amides is 1. The molecule has 1 fully saturated rings. The molecule has 0 bridgehead atoms. The third kappa shape index (κ3) is 3.84. The summed E-state index contributed by atoms with van der Waals surface area (Å²) in [5.41, 5.74) is 3.55. The molecule has 4 nitrogen and oxygen atoms in total. The van der Waals surface area contributed by atoms with Crippen LogP contribution in [0.4, 0.5) is 0 Å². The summed E-state index contributed by atoms with van der Waals surface area (Å²) in [6, 6.07) is 9.68. The highest BCUT2D eigenvalue weighted by atomic mass is 16.6. The first kappa shape index (κ1) is 12.1. The average molecular weight is 234 g/mol. The van der Waals surface area contributed by atoms with Crippen LogP contribution in [0.5, 0.6) is 0 Å². The van der Waals surface area contributed by atoms with Crippen molar-refractivity contribution < 1.29 is 9.63 Å². The number of nitrogens with one attached hydrogen (secondary N) is 2. The van der Waals surface area contributed by atoms with Gasteiger partial charge in [-0.25, -0.2) is 5.48 Å². The highest BCUT2D eigenvalue weighted by Crippen LogP contribution is 2.07. The summed E-state index contributed by atoms with van der Waals surface area (Å²) < 4.78 is 0. The molecule has 0 spiro atoms. The van der Waals surface area contributed by atoms with Gasteiger partial charge in [0.25, 0.3) is 5.91 Å². The third-order valence-corrected chi connectivity index (χ3v) is 2.88. The Morgan fingerprint density at radius 2 is 2.18 bits per heavy atom. The number of rotatable bonds is 4. The fourth-order valence-corrected chi connectivity index (χ4v) is 1.91. The summed E-state index contributed by atoms with van der Waals surface area (Å²) in [5, 5.41) is 3.18. The van der Waals surface area contributed by atoms with E-state index in [1.165, 1.54) is 0 Å². The Labute approximate surface area is 101 Å². The molecule has 2 N–H and O–H groups in total. The largest absolute Gasteiger partial charge is 0.306 e. The van der Waals surface area contributed by atoms with Crippen LogP contribution in [0.15, 0.2) is 30.3 Å². The third-order valence-electron chi connectivity index (χ3n) is 2.88. The Bertz CT molecular complexity index is 348. The van der Waals surface area contributed by atoms with Crippen LogP contribution < -0.4 is 10.8 Å². The number of carbonyl (C=O) groups is 1.